The van der Waals surface area contributed by atoms with Crippen LogP contribution in [0.5, 0.6) is 0 Å². The van der Waals surface area contributed by atoms with Crippen molar-refractivity contribution in [2.45, 2.75) is 26.2 Å². The molecule has 0 saturated carbocycles. The average Bonchev–Trinajstić information content (AvgIpc) is 2.34. The molecule has 0 aromatic carbocycles. The first-order valence-electron chi connectivity index (χ1n) is 4.34. The number of amides is 1. The van der Waals surface area contributed by atoms with E-state index in [0.29, 0.717) is 19.5 Å². The van der Waals surface area contributed by atoms with Gasteiger partial charge < -0.3 is 5.73 Å². The molecule has 1 rings (SSSR count). The number of rotatable bonds is 4. The second kappa shape index (κ2) is 4.21. The van der Waals surface area contributed by atoms with Gasteiger partial charge in [0.05, 0.1) is 13.0 Å². The van der Waals surface area contributed by atoms with Crippen LogP contribution in [0.15, 0.2) is 5.10 Å². The van der Waals surface area contributed by atoms with Gasteiger partial charge in [0, 0.05) is 12.3 Å². The van der Waals surface area contributed by atoms with E-state index in [-0.39, 0.29) is 5.91 Å². The Labute approximate surface area is 72.4 Å². The predicted molar refractivity (Wildman–Crippen MR) is 47.7 cm³/mol. The Bertz CT molecular complexity index is 200. The van der Waals surface area contributed by atoms with Crippen molar-refractivity contribution in [2.75, 3.05) is 13.1 Å². The number of carbonyl (C=O) groups excluding carboxylic acids is 1. The summed E-state index contributed by atoms with van der Waals surface area (Å²) >= 11 is 0. The molecular formula is C8H15N3O. The second-order valence-electron chi connectivity index (χ2n) is 2.90. The number of carbonyl (C=O) groups is 1. The Balaban J connectivity index is 2.48. The molecule has 1 amide bonds. The topological polar surface area (TPSA) is 58.7 Å². The van der Waals surface area contributed by atoms with Gasteiger partial charge in [0.1, 0.15) is 0 Å². The van der Waals surface area contributed by atoms with E-state index < -0.39 is 0 Å². The highest BCUT2D eigenvalue weighted by molar-refractivity contribution is 6.04. The monoisotopic (exact) mass is 169 g/mol. The molecule has 1 heterocycles. The van der Waals surface area contributed by atoms with E-state index in [0.717, 1.165) is 18.6 Å². The summed E-state index contributed by atoms with van der Waals surface area (Å²) in [4.78, 5) is 11.2. The van der Waals surface area contributed by atoms with Gasteiger partial charge in [0.2, 0.25) is 5.91 Å². The van der Waals surface area contributed by atoms with E-state index in [1.165, 1.54) is 5.01 Å². The molecule has 68 valence electrons. The molecule has 0 saturated heterocycles. The average molecular weight is 169 g/mol. The molecule has 0 radical (unpaired) electrons. The van der Waals surface area contributed by atoms with Crippen molar-refractivity contribution in [3.8, 4) is 0 Å². The quantitative estimate of drug-likeness (QED) is 0.659. The molecule has 0 fully saturated rings. The maximum absolute atomic E-state index is 11.2. The lowest BCUT2D eigenvalue weighted by Gasteiger charge is -2.08. The number of hydrogen-bond donors (Lipinski definition) is 1. The van der Waals surface area contributed by atoms with E-state index >= 15 is 0 Å². The van der Waals surface area contributed by atoms with Crippen molar-refractivity contribution in [3.63, 3.8) is 0 Å². The number of hydrogen-bond acceptors (Lipinski definition) is 3. The number of nitrogens with zero attached hydrogens (tertiary/aromatic N) is 2. The molecule has 0 aromatic heterocycles. The second-order valence-corrected chi connectivity index (χ2v) is 2.90. The Morgan fingerprint density at radius 1 is 1.67 bits per heavy atom. The Hall–Kier alpha value is -0.900. The van der Waals surface area contributed by atoms with Crippen molar-refractivity contribution in [1.82, 2.24) is 5.01 Å². The summed E-state index contributed by atoms with van der Waals surface area (Å²) in [7, 11) is 0. The molecule has 4 heteroatoms. The van der Waals surface area contributed by atoms with E-state index in [1.54, 1.807) is 0 Å². The SMILES string of the molecule is CCCC1=NN(CCN)C(=O)C1. The van der Waals surface area contributed by atoms with Crippen LogP contribution in [-0.2, 0) is 4.79 Å². The third kappa shape index (κ3) is 2.04. The Morgan fingerprint density at radius 2 is 2.42 bits per heavy atom. The van der Waals surface area contributed by atoms with Crippen molar-refractivity contribution in [2.24, 2.45) is 10.8 Å². The molecule has 0 bridgehead atoms. The minimum absolute atomic E-state index is 0.0869. The molecule has 0 spiro atoms. The van der Waals surface area contributed by atoms with Gasteiger partial charge in [-0.2, -0.15) is 5.10 Å². The normalized spacial score (nSPS) is 17.0. The maximum atomic E-state index is 11.2. The summed E-state index contributed by atoms with van der Waals surface area (Å²) in [6, 6.07) is 0. The minimum Gasteiger partial charge on any atom is -0.329 e. The van der Waals surface area contributed by atoms with Crippen LogP contribution in [0.4, 0.5) is 0 Å². The van der Waals surface area contributed by atoms with Gasteiger partial charge in [-0.1, -0.05) is 13.3 Å². The highest BCUT2D eigenvalue weighted by Crippen LogP contribution is 2.10. The van der Waals surface area contributed by atoms with Crippen molar-refractivity contribution in [1.29, 1.82) is 0 Å². The Morgan fingerprint density at radius 3 is 3.00 bits per heavy atom. The van der Waals surface area contributed by atoms with Gasteiger partial charge in [-0.15, -0.1) is 0 Å². The van der Waals surface area contributed by atoms with Crippen LogP contribution in [0.1, 0.15) is 26.2 Å². The van der Waals surface area contributed by atoms with Crippen molar-refractivity contribution in [3.05, 3.63) is 0 Å². The van der Waals surface area contributed by atoms with Gasteiger partial charge in [0.15, 0.2) is 0 Å². The molecular weight excluding hydrogens is 154 g/mol. The van der Waals surface area contributed by atoms with Crippen molar-refractivity contribution >= 4 is 11.6 Å². The highest BCUT2D eigenvalue weighted by atomic mass is 16.2. The molecule has 4 nitrogen and oxygen atoms in total. The zero-order chi connectivity index (χ0) is 8.97. The lowest BCUT2D eigenvalue weighted by molar-refractivity contribution is -0.128. The summed E-state index contributed by atoms with van der Waals surface area (Å²) in [5.41, 5.74) is 6.32. The summed E-state index contributed by atoms with van der Waals surface area (Å²) in [6.45, 7) is 3.11. The first kappa shape index (κ1) is 9.19. The van der Waals surface area contributed by atoms with Crippen LogP contribution >= 0.6 is 0 Å². The Kier molecular flexibility index (Phi) is 3.22. The van der Waals surface area contributed by atoms with E-state index in [4.69, 9.17) is 5.73 Å². The van der Waals surface area contributed by atoms with E-state index in [2.05, 4.69) is 12.0 Å². The fourth-order valence-electron chi connectivity index (χ4n) is 1.25. The largest absolute Gasteiger partial charge is 0.329 e. The number of nitrogens with two attached hydrogens (primary N) is 1. The fourth-order valence-corrected chi connectivity index (χ4v) is 1.25. The molecule has 0 aliphatic carbocycles. The van der Waals surface area contributed by atoms with Gasteiger partial charge in [-0.3, -0.25) is 4.79 Å². The van der Waals surface area contributed by atoms with Crippen LogP contribution < -0.4 is 5.73 Å². The maximum Gasteiger partial charge on any atom is 0.248 e. The fraction of sp³-hybridized carbons (Fsp3) is 0.750. The molecule has 1 aliphatic rings. The highest BCUT2D eigenvalue weighted by Gasteiger charge is 2.21. The number of hydrazone groups is 1. The van der Waals surface area contributed by atoms with Crippen LogP contribution in [0.3, 0.4) is 0 Å². The first-order valence-corrected chi connectivity index (χ1v) is 4.34. The molecule has 0 aromatic rings. The van der Waals surface area contributed by atoms with E-state index in [1.807, 2.05) is 0 Å². The lowest BCUT2D eigenvalue weighted by atomic mass is 10.2. The van der Waals surface area contributed by atoms with Gasteiger partial charge >= 0.3 is 0 Å². The summed E-state index contributed by atoms with van der Waals surface area (Å²) in [5.74, 6) is 0.0869. The van der Waals surface area contributed by atoms with Gasteiger partial charge in [0.25, 0.3) is 0 Å². The smallest absolute Gasteiger partial charge is 0.248 e. The lowest BCUT2D eigenvalue weighted by Crippen LogP contribution is -2.26. The third-order valence-corrected chi connectivity index (χ3v) is 1.78. The minimum atomic E-state index is 0.0869. The summed E-state index contributed by atoms with van der Waals surface area (Å²) in [5, 5.41) is 5.65. The van der Waals surface area contributed by atoms with Gasteiger partial charge in [-0.05, 0) is 6.42 Å². The van der Waals surface area contributed by atoms with Crippen LogP contribution in [0.25, 0.3) is 0 Å². The zero-order valence-electron chi connectivity index (χ0n) is 7.42. The molecule has 2 N–H and O–H groups in total. The first-order chi connectivity index (χ1) is 5.77. The van der Waals surface area contributed by atoms with Crippen molar-refractivity contribution < 1.29 is 4.79 Å². The molecule has 0 unspecified atom stereocenters. The van der Waals surface area contributed by atoms with Gasteiger partial charge in [-0.25, -0.2) is 5.01 Å². The molecule has 0 atom stereocenters. The van der Waals surface area contributed by atoms with Crippen LogP contribution in [0, 0.1) is 0 Å². The zero-order valence-corrected chi connectivity index (χ0v) is 7.42. The predicted octanol–water partition coefficient (Wildman–Crippen LogP) is 0.334. The van der Waals surface area contributed by atoms with Crippen LogP contribution in [-0.4, -0.2) is 29.7 Å². The van der Waals surface area contributed by atoms with E-state index in [9.17, 15) is 4.79 Å². The molecule has 12 heavy (non-hydrogen) atoms. The summed E-state index contributed by atoms with van der Waals surface area (Å²) in [6.07, 6.45) is 2.46. The molecule has 1 aliphatic heterocycles. The van der Waals surface area contributed by atoms with Crippen LogP contribution in [0.2, 0.25) is 0 Å². The standard InChI is InChI=1S/C8H15N3O/c1-2-3-7-6-8(12)11(10-7)5-4-9/h2-6,9H2,1H3. The summed E-state index contributed by atoms with van der Waals surface area (Å²) < 4.78 is 0. The third-order valence-electron chi connectivity index (χ3n) is 1.78.